The van der Waals surface area contributed by atoms with E-state index in [2.05, 4.69) is 24.3 Å². The zero-order valence-corrected chi connectivity index (χ0v) is 22.3. The minimum Gasteiger partial charge on any atom is -0.478 e. The number of hydrogen-bond donors (Lipinski definition) is 3. The summed E-state index contributed by atoms with van der Waals surface area (Å²) in [6.07, 6.45) is 3.33. The molecule has 0 radical (unpaired) electrons. The Morgan fingerprint density at radius 1 is 1.05 bits per heavy atom. The number of carboxylic acid groups (broad SMARTS) is 1. The molecule has 208 valence electrons. The lowest BCUT2D eigenvalue weighted by atomic mass is 9.84. The van der Waals surface area contributed by atoms with Crippen LogP contribution in [0.5, 0.6) is 11.5 Å². The second kappa shape index (κ2) is 11.0. The normalized spacial score (nSPS) is 14.9. The van der Waals surface area contributed by atoms with Crippen molar-refractivity contribution < 1.29 is 28.9 Å². The summed E-state index contributed by atoms with van der Waals surface area (Å²) in [6, 6.07) is 15.0. The first-order valence-corrected chi connectivity index (χ1v) is 13.2. The van der Waals surface area contributed by atoms with Crippen LogP contribution in [0.3, 0.4) is 0 Å². The van der Waals surface area contributed by atoms with Crippen molar-refractivity contribution in [3.63, 3.8) is 0 Å². The number of benzene rings is 3. The number of aromatic carboxylic acids is 1. The molecule has 3 N–H and O–H groups in total. The van der Waals surface area contributed by atoms with Crippen molar-refractivity contribution in [3.05, 3.63) is 78.2 Å². The first kappa shape index (κ1) is 27.1. The highest BCUT2D eigenvalue weighted by atomic mass is 19.1. The molecule has 2 heterocycles. The Balaban J connectivity index is 1.46. The van der Waals surface area contributed by atoms with Gasteiger partial charge in [0.25, 0.3) is 0 Å². The van der Waals surface area contributed by atoms with Crippen LogP contribution in [0.2, 0.25) is 0 Å². The number of carbonyl (C=O) groups is 2. The lowest BCUT2D eigenvalue weighted by molar-refractivity contribution is -0.0268. The topological polar surface area (TPSA) is 117 Å². The van der Waals surface area contributed by atoms with E-state index in [1.807, 2.05) is 0 Å². The van der Waals surface area contributed by atoms with Crippen molar-refractivity contribution in [3.8, 4) is 17.2 Å². The Morgan fingerprint density at radius 2 is 1.73 bits per heavy atom. The summed E-state index contributed by atoms with van der Waals surface area (Å²) in [7, 11) is 0. The highest BCUT2D eigenvalue weighted by molar-refractivity contribution is 6.01. The van der Waals surface area contributed by atoms with Crippen molar-refractivity contribution in [1.82, 2.24) is 14.7 Å². The number of ether oxygens (including phenoxy) is 1. The van der Waals surface area contributed by atoms with Crippen molar-refractivity contribution in [2.45, 2.75) is 38.7 Å². The van der Waals surface area contributed by atoms with Crippen molar-refractivity contribution in [2.24, 2.45) is 5.92 Å². The third-order valence-corrected chi connectivity index (χ3v) is 7.08. The number of likely N-dealkylation sites (tertiary alicyclic amines) is 1. The number of piperidine rings is 1. The number of fused-ring (bicyclic) bond motifs is 1. The van der Waals surface area contributed by atoms with Gasteiger partial charge >= 0.3 is 12.0 Å². The molecule has 1 aromatic heterocycles. The molecule has 2 amide bonds. The van der Waals surface area contributed by atoms with Crippen LogP contribution in [0.25, 0.3) is 16.6 Å². The van der Waals surface area contributed by atoms with E-state index >= 15 is 0 Å². The molecule has 40 heavy (non-hydrogen) atoms. The number of nitrogens with one attached hydrogen (secondary N) is 1. The van der Waals surface area contributed by atoms with E-state index in [1.165, 1.54) is 36.4 Å². The Hall–Kier alpha value is -4.44. The Kier molecular flexibility index (Phi) is 7.44. The number of carbonyl (C=O) groups excluding carboxylic acids is 1. The Labute approximate surface area is 230 Å². The zero-order chi connectivity index (χ0) is 28.4. The molecule has 3 aromatic carbocycles. The molecule has 0 atom stereocenters. The first-order valence-electron chi connectivity index (χ1n) is 13.2. The highest BCUT2D eigenvalue weighted by Gasteiger charge is 2.34. The van der Waals surface area contributed by atoms with E-state index in [0.717, 1.165) is 0 Å². The van der Waals surface area contributed by atoms with Gasteiger partial charge in [-0.2, -0.15) is 5.10 Å². The van der Waals surface area contributed by atoms with Crippen molar-refractivity contribution in [1.29, 1.82) is 0 Å². The fraction of sp³-hybridized carbons (Fsp3) is 0.300. The average Bonchev–Trinajstić information content (AvgIpc) is 3.34. The van der Waals surface area contributed by atoms with Crippen molar-refractivity contribution in [2.75, 3.05) is 18.4 Å². The Morgan fingerprint density at radius 3 is 2.35 bits per heavy atom. The van der Waals surface area contributed by atoms with E-state index < -0.39 is 11.6 Å². The van der Waals surface area contributed by atoms with Gasteiger partial charge in [-0.25, -0.2) is 18.7 Å². The molecule has 4 aromatic rings. The summed E-state index contributed by atoms with van der Waals surface area (Å²) in [4.78, 5) is 26.3. The number of carboxylic acids is 1. The van der Waals surface area contributed by atoms with E-state index in [4.69, 9.17) is 4.74 Å². The molecular weight excluding hydrogens is 515 g/mol. The number of amides is 2. The number of urea groups is 1. The fourth-order valence-corrected chi connectivity index (χ4v) is 5.14. The maximum atomic E-state index is 13.4. The molecule has 10 heteroatoms. The second-order valence-corrected chi connectivity index (χ2v) is 10.6. The van der Waals surface area contributed by atoms with E-state index in [0.29, 0.717) is 72.0 Å². The predicted octanol–water partition coefficient (Wildman–Crippen LogP) is 6.06. The van der Waals surface area contributed by atoms with Crippen LogP contribution in [0.4, 0.5) is 14.9 Å². The molecule has 0 bridgehead atoms. The van der Waals surface area contributed by atoms with Gasteiger partial charge < -0.3 is 25.2 Å². The number of halogens is 1. The molecule has 0 unspecified atom stereocenters. The van der Waals surface area contributed by atoms with Gasteiger partial charge in [0.05, 0.1) is 34.3 Å². The van der Waals surface area contributed by atoms with E-state index in [9.17, 15) is 24.2 Å². The summed E-state index contributed by atoms with van der Waals surface area (Å²) in [5.41, 5.74) is 1.09. The number of hydrogen-bond acceptors (Lipinski definition) is 5. The van der Waals surface area contributed by atoms with Crippen LogP contribution in [0.15, 0.2) is 66.9 Å². The molecule has 0 aliphatic carbocycles. The molecule has 1 fully saturated rings. The summed E-state index contributed by atoms with van der Waals surface area (Å²) in [6.45, 7) is 5.01. The fourth-order valence-electron chi connectivity index (χ4n) is 5.14. The molecule has 1 saturated heterocycles. The number of anilines is 1. The molecule has 0 spiro atoms. The van der Waals surface area contributed by atoms with Gasteiger partial charge in [-0.3, -0.25) is 0 Å². The van der Waals surface area contributed by atoms with E-state index in [1.54, 1.807) is 40.0 Å². The lowest BCUT2D eigenvalue weighted by Crippen LogP contribution is -2.48. The summed E-state index contributed by atoms with van der Waals surface area (Å²) < 4.78 is 21.1. The third-order valence-electron chi connectivity index (χ3n) is 7.08. The van der Waals surface area contributed by atoms with Gasteiger partial charge in [0, 0.05) is 30.6 Å². The molecule has 1 aliphatic heterocycles. The monoisotopic (exact) mass is 546 g/mol. The third kappa shape index (κ3) is 5.91. The van der Waals surface area contributed by atoms with Crippen LogP contribution >= 0.6 is 0 Å². The molecule has 1 aliphatic rings. The summed E-state index contributed by atoms with van der Waals surface area (Å²) >= 11 is 0. The quantitative estimate of drug-likeness (QED) is 0.259. The Bertz CT molecular complexity index is 1520. The van der Waals surface area contributed by atoms with Gasteiger partial charge in [-0.1, -0.05) is 13.8 Å². The van der Waals surface area contributed by atoms with Gasteiger partial charge in [0.15, 0.2) is 0 Å². The maximum absolute atomic E-state index is 13.4. The average molecular weight is 547 g/mol. The van der Waals surface area contributed by atoms with E-state index in [-0.39, 0.29) is 17.4 Å². The molecular formula is C30H31FN4O5. The second-order valence-electron chi connectivity index (χ2n) is 10.6. The standard InChI is InChI=1S/C30H31FN4O5/c1-19(2)17-30(39)11-13-34(14-12-30)29(38)33-26-15-24(40-23-9-5-21(31)6-10-23)16-27-25(26)18-32-35(27)22-7-3-20(4-8-22)28(36)37/h3-10,15-16,18-19,39H,11-14,17H2,1-2H3,(H,33,38)(H,36,37). The molecule has 5 rings (SSSR count). The maximum Gasteiger partial charge on any atom is 0.335 e. The molecule has 9 nitrogen and oxygen atoms in total. The van der Waals surface area contributed by atoms with Gasteiger partial charge in [-0.15, -0.1) is 0 Å². The van der Waals surface area contributed by atoms with Gasteiger partial charge in [0.2, 0.25) is 0 Å². The number of rotatable bonds is 7. The lowest BCUT2D eigenvalue weighted by Gasteiger charge is -2.39. The minimum atomic E-state index is -1.03. The van der Waals surface area contributed by atoms with Crippen LogP contribution in [0.1, 0.15) is 43.5 Å². The number of aliphatic hydroxyl groups is 1. The van der Waals surface area contributed by atoms with Crippen LogP contribution in [-0.2, 0) is 0 Å². The minimum absolute atomic E-state index is 0.148. The highest BCUT2D eigenvalue weighted by Crippen LogP contribution is 2.34. The van der Waals surface area contributed by atoms with Crippen LogP contribution in [-0.4, -0.2) is 55.6 Å². The zero-order valence-electron chi connectivity index (χ0n) is 22.3. The van der Waals surface area contributed by atoms with Crippen LogP contribution < -0.4 is 10.1 Å². The first-order chi connectivity index (χ1) is 19.1. The summed E-state index contributed by atoms with van der Waals surface area (Å²) in [5, 5.41) is 28.3. The predicted molar refractivity (Wildman–Crippen MR) is 149 cm³/mol. The van der Waals surface area contributed by atoms with Crippen molar-refractivity contribution >= 4 is 28.6 Å². The van der Waals surface area contributed by atoms with Gasteiger partial charge in [-0.05, 0) is 73.7 Å². The van der Waals surface area contributed by atoms with Gasteiger partial charge in [0.1, 0.15) is 17.3 Å². The molecule has 0 saturated carbocycles. The largest absolute Gasteiger partial charge is 0.478 e. The van der Waals surface area contributed by atoms with Crippen LogP contribution in [0, 0.1) is 11.7 Å². The number of aromatic nitrogens is 2. The summed E-state index contributed by atoms with van der Waals surface area (Å²) in [5.74, 6) is -0.254. The SMILES string of the molecule is CC(C)CC1(O)CCN(C(=O)Nc2cc(Oc3ccc(F)cc3)cc3c2cnn3-c2ccc(C(=O)O)cc2)CC1. The smallest absolute Gasteiger partial charge is 0.335 e. The number of nitrogens with zero attached hydrogens (tertiary/aromatic N) is 3.